The Bertz CT molecular complexity index is 638. The molecule has 1 unspecified atom stereocenters. The first-order chi connectivity index (χ1) is 11.1. The molecule has 5 nitrogen and oxygen atoms in total. The second-order valence-corrected chi connectivity index (χ2v) is 6.80. The molecule has 1 N–H and O–H groups in total. The number of likely N-dealkylation sites (tertiary alicyclic amines) is 1. The number of hydrogen-bond acceptors (Lipinski definition) is 3. The number of urea groups is 1. The van der Waals surface area contributed by atoms with E-state index in [-0.39, 0.29) is 11.4 Å². The molecule has 0 spiro atoms. The van der Waals surface area contributed by atoms with E-state index >= 15 is 0 Å². The van der Waals surface area contributed by atoms with Gasteiger partial charge in [0.2, 0.25) is 0 Å². The fraction of sp³-hybridized carbons (Fsp3) is 0.444. The summed E-state index contributed by atoms with van der Waals surface area (Å²) < 4.78 is 4.78. The summed E-state index contributed by atoms with van der Waals surface area (Å²) in [7, 11) is 0. The average molecular weight is 313 g/mol. The Morgan fingerprint density at radius 1 is 1.35 bits per heavy atom. The number of nitrogens with one attached hydrogen (secondary N) is 1. The Kier molecular flexibility index (Phi) is 4.37. The lowest BCUT2D eigenvalue weighted by atomic mass is 9.70. The van der Waals surface area contributed by atoms with Gasteiger partial charge in [0.05, 0.1) is 6.54 Å². The lowest BCUT2D eigenvalue weighted by Gasteiger charge is -2.44. The molecule has 1 saturated heterocycles. The van der Waals surface area contributed by atoms with Crippen molar-refractivity contribution in [3.8, 4) is 0 Å². The van der Waals surface area contributed by atoms with Gasteiger partial charge in [0.15, 0.2) is 0 Å². The molecule has 0 aliphatic carbocycles. The number of piperidine rings is 1. The van der Waals surface area contributed by atoms with Gasteiger partial charge in [0.25, 0.3) is 0 Å². The van der Waals surface area contributed by atoms with Gasteiger partial charge in [0, 0.05) is 25.1 Å². The molecule has 5 heteroatoms. The van der Waals surface area contributed by atoms with E-state index in [0.29, 0.717) is 12.5 Å². The van der Waals surface area contributed by atoms with Crippen LogP contribution in [0.1, 0.15) is 37.4 Å². The Morgan fingerprint density at radius 3 is 2.83 bits per heavy atom. The van der Waals surface area contributed by atoms with Crippen LogP contribution in [0.2, 0.25) is 0 Å². The number of amides is 2. The van der Waals surface area contributed by atoms with Crippen molar-refractivity contribution in [2.75, 3.05) is 13.1 Å². The van der Waals surface area contributed by atoms with Crippen molar-refractivity contribution in [3.63, 3.8) is 0 Å². The normalized spacial score (nSPS) is 20.3. The number of nitrogens with zero attached hydrogens (tertiary/aromatic N) is 2. The molecule has 2 aromatic rings. The number of carbonyl (C=O) groups excluding carboxylic acids is 1. The molecule has 1 fully saturated rings. The highest BCUT2D eigenvalue weighted by Gasteiger charge is 2.37. The minimum atomic E-state index is -0.0376. The summed E-state index contributed by atoms with van der Waals surface area (Å²) in [5.41, 5.74) is 2.21. The maximum atomic E-state index is 12.4. The van der Waals surface area contributed by atoms with E-state index in [9.17, 15) is 4.79 Å². The van der Waals surface area contributed by atoms with Gasteiger partial charge in [-0.3, -0.25) is 0 Å². The van der Waals surface area contributed by atoms with Crippen molar-refractivity contribution in [1.29, 1.82) is 0 Å². The number of benzene rings is 1. The Labute approximate surface area is 136 Å². The fourth-order valence-electron chi connectivity index (χ4n) is 3.19. The number of aromatic nitrogens is 1. The zero-order chi connectivity index (χ0) is 16.3. The molecule has 1 aliphatic rings. The molecule has 122 valence electrons. The standard InChI is InChI=1S/C18H23N3O2/c1-18(2)9-10-21(13-16(18)14-6-4-3-5-7-14)17(22)19-12-15-8-11-23-20-15/h3-8,11,16H,9-10,12-13H2,1-2H3,(H,19,22). The molecule has 0 saturated carbocycles. The molecular formula is C18H23N3O2. The van der Waals surface area contributed by atoms with Gasteiger partial charge >= 0.3 is 6.03 Å². The zero-order valence-electron chi connectivity index (χ0n) is 13.7. The van der Waals surface area contributed by atoms with E-state index in [2.05, 4.69) is 48.6 Å². The maximum Gasteiger partial charge on any atom is 0.317 e. The highest BCUT2D eigenvalue weighted by Crippen LogP contribution is 2.42. The lowest BCUT2D eigenvalue weighted by Crippen LogP contribution is -2.49. The van der Waals surface area contributed by atoms with E-state index in [1.165, 1.54) is 11.8 Å². The van der Waals surface area contributed by atoms with Crippen LogP contribution in [-0.2, 0) is 6.54 Å². The largest absolute Gasteiger partial charge is 0.364 e. The summed E-state index contributed by atoms with van der Waals surface area (Å²) in [5.74, 6) is 0.343. The molecule has 1 aromatic carbocycles. The minimum Gasteiger partial charge on any atom is -0.364 e. The van der Waals surface area contributed by atoms with Crippen LogP contribution in [0, 0.1) is 5.41 Å². The monoisotopic (exact) mass is 313 g/mol. The molecule has 0 radical (unpaired) electrons. The topological polar surface area (TPSA) is 58.4 Å². The van der Waals surface area contributed by atoms with Crippen molar-refractivity contribution in [2.24, 2.45) is 5.41 Å². The summed E-state index contributed by atoms with van der Waals surface area (Å²) >= 11 is 0. The minimum absolute atomic E-state index is 0.0376. The van der Waals surface area contributed by atoms with E-state index in [4.69, 9.17) is 4.52 Å². The van der Waals surface area contributed by atoms with Crippen LogP contribution in [0.15, 0.2) is 47.2 Å². The summed E-state index contributed by atoms with van der Waals surface area (Å²) in [5, 5.41) is 6.73. The maximum absolute atomic E-state index is 12.4. The first-order valence-corrected chi connectivity index (χ1v) is 8.03. The van der Waals surface area contributed by atoms with Crippen molar-refractivity contribution >= 4 is 6.03 Å². The number of carbonyl (C=O) groups is 1. The van der Waals surface area contributed by atoms with E-state index in [1.54, 1.807) is 6.07 Å². The fourth-order valence-corrected chi connectivity index (χ4v) is 3.19. The summed E-state index contributed by atoms with van der Waals surface area (Å²) in [6.45, 7) is 6.48. The summed E-state index contributed by atoms with van der Waals surface area (Å²) in [6, 6.07) is 12.2. The third-order valence-corrected chi connectivity index (χ3v) is 4.77. The molecule has 2 heterocycles. The summed E-state index contributed by atoms with van der Waals surface area (Å²) in [6.07, 6.45) is 2.50. The van der Waals surface area contributed by atoms with Gasteiger partial charge in [-0.1, -0.05) is 49.3 Å². The lowest BCUT2D eigenvalue weighted by molar-refractivity contribution is 0.116. The molecule has 1 aromatic heterocycles. The van der Waals surface area contributed by atoms with Crippen molar-refractivity contribution in [1.82, 2.24) is 15.4 Å². The second-order valence-electron chi connectivity index (χ2n) is 6.80. The van der Waals surface area contributed by atoms with Crippen molar-refractivity contribution < 1.29 is 9.32 Å². The van der Waals surface area contributed by atoms with Gasteiger partial charge < -0.3 is 14.7 Å². The number of hydrogen-bond donors (Lipinski definition) is 1. The Morgan fingerprint density at radius 2 is 2.13 bits per heavy atom. The van der Waals surface area contributed by atoms with Gasteiger partial charge in [-0.2, -0.15) is 0 Å². The van der Waals surface area contributed by atoms with E-state index in [1.807, 2.05) is 11.0 Å². The third-order valence-electron chi connectivity index (χ3n) is 4.77. The zero-order valence-corrected chi connectivity index (χ0v) is 13.7. The molecule has 3 rings (SSSR count). The first kappa shape index (κ1) is 15.6. The molecule has 0 bridgehead atoms. The van der Waals surface area contributed by atoms with Gasteiger partial charge in [-0.15, -0.1) is 0 Å². The van der Waals surface area contributed by atoms with Crippen LogP contribution in [-0.4, -0.2) is 29.2 Å². The smallest absolute Gasteiger partial charge is 0.317 e. The predicted molar refractivity (Wildman–Crippen MR) is 87.9 cm³/mol. The van der Waals surface area contributed by atoms with Crippen LogP contribution in [0.5, 0.6) is 0 Å². The van der Waals surface area contributed by atoms with Crippen LogP contribution < -0.4 is 5.32 Å². The van der Waals surface area contributed by atoms with Gasteiger partial charge in [-0.05, 0) is 17.4 Å². The molecule has 23 heavy (non-hydrogen) atoms. The highest BCUT2D eigenvalue weighted by atomic mass is 16.5. The van der Waals surface area contributed by atoms with Crippen molar-refractivity contribution in [2.45, 2.75) is 32.7 Å². The first-order valence-electron chi connectivity index (χ1n) is 8.03. The van der Waals surface area contributed by atoms with E-state index in [0.717, 1.165) is 25.2 Å². The second kappa shape index (κ2) is 6.44. The van der Waals surface area contributed by atoms with Gasteiger partial charge in [0.1, 0.15) is 12.0 Å². The molecule has 1 aliphatic heterocycles. The number of rotatable bonds is 3. The van der Waals surface area contributed by atoms with E-state index < -0.39 is 0 Å². The van der Waals surface area contributed by atoms with Crippen LogP contribution in [0.3, 0.4) is 0 Å². The Balaban J connectivity index is 1.66. The summed E-state index contributed by atoms with van der Waals surface area (Å²) in [4.78, 5) is 14.3. The predicted octanol–water partition coefficient (Wildman–Crippen LogP) is 3.40. The highest BCUT2D eigenvalue weighted by molar-refractivity contribution is 5.74. The molecule has 2 amide bonds. The molecule has 1 atom stereocenters. The van der Waals surface area contributed by atoms with Crippen LogP contribution in [0.25, 0.3) is 0 Å². The average Bonchev–Trinajstić information content (AvgIpc) is 3.06. The van der Waals surface area contributed by atoms with Crippen LogP contribution in [0.4, 0.5) is 4.79 Å². The SMILES string of the molecule is CC1(C)CCN(C(=O)NCc2ccon2)CC1c1ccccc1. The van der Waals surface area contributed by atoms with Crippen LogP contribution >= 0.6 is 0 Å². The third kappa shape index (κ3) is 3.55. The Hall–Kier alpha value is -2.30. The quantitative estimate of drug-likeness (QED) is 0.945. The van der Waals surface area contributed by atoms with Crippen molar-refractivity contribution in [3.05, 3.63) is 53.9 Å². The van der Waals surface area contributed by atoms with Gasteiger partial charge in [-0.25, -0.2) is 4.79 Å². The molecular weight excluding hydrogens is 290 g/mol.